The fraction of sp³-hybridized carbons (Fsp3) is 0.286. The van der Waals surface area contributed by atoms with Gasteiger partial charge in [-0.15, -0.1) is 16.4 Å². The molecular formula is C7H9N5S2. The maximum atomic E-state index is 5.49. The van der Waals surface area contributed by atoms with E-state index in [0.717, 1.165) is 16.3 Å². The van der Waals surface area contributed by atoms with E-state index < -0.39 is 0 Å². The molecule has 2 aromatic heterocycles. The van der Waals surface area contributed by atoms with Crippen LogP contribution in [0.25, 0.3) is 0 Å². The summed E-state index contributed by atoms with van der Waals surface area (Å²) in [4.78, 5) is 5.22. The van der Waals surface area contributed by atoms with Crippen molar-refractivity contribution in [3.63, 3.8) is 0 Å². The molecular weight excluding hydrogens is 218 g/mol. The highest BCUT2D eigenvalue weighted by Gasteiger charge is 2.19. The second kappa shape index (κ2) is 4.09. The molecule has 0 amide bonds. The van der Waals surface area contributed by atoms with E-state index in [1.165, 1.54) is 11.5 Å². The number of hydrogen-bond donors (Lipinski definition) is 2. The Bertz CT molecular complexity index is 396. The monoisotopic (exact) mass is 227 g/mol. The second-order valence-corrected chi connectivity index (χ2v) is 4.24. The van der Waals surface area contributed by atoms with Crippen molar-refractivity contribution >= 4 is 22.9 Å². The zero-order valence-electron chi connectivity index (χ0n) is 7.47. The van der Waals surface area contributed by atoms with Crippen LogP contribution in [0.5, 0.6) is 0 Å². The average molecular weight is 227 g/mol. The molecule has 2 aromatic rings. The predicted molar refractivity (Wildman–Crippen MR) is 55.9 cm³/mol. The molecule has 0 aliphatic rings. The van der Waals surface area contributed by atoms with Crippen molar-refractivity contribution in [1.29, 1.82) is 0 Å². The molecule has 0 aliphatic heterocycles. The lowest BCUT2D eigenvalue weighted by atomic mass is 10.2. The highest BCUT2D eigenvalue weighted by atomic mass is 32.1. The molecule has 0 fully saturated rings. The summed E-state index contributed by atoms with van der Waals surface area (Å²) in [5.41, 5.74) is 6.31. The summed E-state index contributed by atoms with van der Waals surface area (Å²) >= 11 is 2.89. The topological polar surface area (TPSA) is 76.7 Å². The van der Waals surface area contributed by atoms with Crippen LogP contribution in [-0.4, -0.2) is 14.6 Å². The van der Waals surface area contributed by atoms with Gasteiger partial charge >= 0.3 is 0 Å². The van der Waals surface area contributed by atoms with Gasteiger partial charge in [0.15, 0.2) is 0 Å². The first-order chi connectivity index (χ1) is 6.83. The van der Waals surface area contributed by atoms with E-state index in [1.54, 1.807) is 16.8 Å². The average Bonchev–Trinajstić information content (AvgIpc) is 2.80. The molecule has 5 nitrogen and oxygen atoms in total. The molecule has 1 atom stereocenters. The summed E-state index contributed by atoms with van der Waals surface area (Å²) in [6.07, 6.45) is 0. The summed E-state index contributed by atoms with van der Waals surface area (Å²) in [7, 11) is 0. The molecule has 2 heterocycles. The smallest absolute Gasteiger partial charge is 0.102 e. The molecule has 0 saturated heterocycles. The minimum atomic E-state index is -0.0961. The minimum absolute atomic E-state index is 0.0961. The van der Waals surface area contributed by atoms with Crippen molar-refractivity contribution in [1.82, 2.24) is 20.0 Å². The van der Waals surface area contributed by atoms with Gasteiger partial charge in [-0.05, 0) is 18.5 Å². The Kier molecular flexibility index (Phi) is 2.82. The van der Waals surface area contributed by atoms with Crippen molar-refractivity contribution in [2.24, 2.45) is 5.84 Å². The van der Waals surface area contributed by atoms with E-state index in [-0.39, 0.29) is 6.04 Å². The fourth-order valence-corrected chi connectivity index (χ4v) is 2.46. The van der Waals surface area contributed by atoms with E-state index in [0.29, 0.717) is 0 Å². The third-order valence-corrected chi connectivity index (χ3v) is 3.36. The van der Waals surface area contributed by atoms with E-state index in [9.17, 15) is 0 Å². The van der Waals surface area contributed by atoms with E-state index in [1.807, 2.05) is 12.3 Å². The molecule has 7 heteroatoms. The fourth-order valence-electron chi connectivity index (χ4n) is 1.16. The van der Waals surface area contributed by atoms with Crippen LogP contribution in [0.1, 0.15) is 22.3 Å². The lowest BCUT2D eigenvalue weighted by molar-refractivity contribution is 0.629. The molecule has 14 heavy (non-hydrogen) atoms. The third-order valence-electron chi connectivity index (χ3n) is 1.86. The highest BCUT2D eigenvalue weighted by Crippen LogP contribution is 2.25. The Morgan fingerprint density at radius 1 is 1.57 bits per heavy atom. The van der Waals surface area contributed by atoms with Crippen LogP contribution in [0.2, 0.25) is 0 Å². The van der Waals surface area contributed by atoms with Crippen molar-refractivity contribution in [2.75, 3.05) is 0 Å². The first kappa shape index (κ1) is 9.66. The number of aromatic nitrogens is 3. The van der Waals surface area contributed by atoms with E-state index >= 15 is 0 Å². The Morgan fingerprint density at radius 2 is 2.43 bits per heavy atom. The first-order valence-electron chi connectivity index (χ1n) is 3.96. The lowest BCUT2D eigenvalue weighted by Crippen LogP contribution is -2.28. The normalized spacial score (nSPS) is 13.0. The maximum absolute atomic E-state index is 5.49. The maximum Gasteiger partial charge on any atom is 0.102 e. The molecule has 1 unspecified atom stereocenters. The molecule has 0 radical (unpaired) electrons. The van der Waals surface area contributed by atoms with Crippen molar-refractivity contribution in [3.05, 3.63) is 27.2 Å². The summed E-state index contributed by atoms with van der Waals surface area (Å²) in [5, 5.41) is 5.91. The van der Waals surface area contributed by atoms with Crippen LogP contribution < -0.4 is 11.3 Å². The quantitative estimate of drug-likeness (QED) is 0.600. The van der Waals surface area contributed by atoms with Crippen LogP contribution in [0.3, 0.4) is 0 Å². The molecule has 0 saturated carbocycles. The number of hydrazine groups is 1. The summed E-state index contributed by atoms with van der Waals surface area (Å²) in [6.45, 7) is 1.91. The Balaban J connectivity index is 2.36. The highest BCUT2D eigenvalue weighted by molar-refractivity contribution is 7.07. The minimum Gasteiger partial charge on any atom is -0.270 e. The Hall–Kier alpha value is -0.890. The van der Waals surface area contributed by atoms with Gasteiger partial charge in [-0.1, -0.05) is 4.49 Å². The van der Waals surface area contributed by atoms with Gasteiger partial charge in [0.2, 0.25) is 0 Å². The molecule has 3 N–H and O–H groups in total. The standard InChI is InChI=1S/C7H9N5S2/c1-4-7(14-12-11-4)6(10-8)5-2-13-3-9-5/h2-3,6,10H,8H2,1H3. The molecule has 0 bridgehead atoms. The van der Waals surface area contributed by atoms with Crippen LogP contribution in [0.15, 0.2) is 10.9 Å². The van der Waals surface area contributed by atoms with Gasteiger partial charge in [0.05, 0.1) is 21.8 Å². The SMILES string of the molecule is Cc1nnsc1C(NN)c1cscn1. The largest absolute Gasteiger partial charge is 0.270 e. The summed E-state index contributed by atoms with van der Waals surface area (Å²) < 4.78 is 3.87. The summed E-state index contributed by atoms with van der Waals surface area (Å²) in [5.74, 6) is 5.49. The van der Waals surface area contributed by atoms with E-state index in [2.05, 4.69) is 20.0 Å². The molecule has 0 aromatic carbocycles. The van der Waals surface area contributed by atoms with Gasteiger partial charge in [0.1, 0.15) is 6.04 Å². The van der Waals surface area contributed by atoms with Gasteiger partial charge < -0.3 is 0 Å². The lowest BCUT2D eigenvalue weighted by Gasteiger charge is -2.10. The van der Waals surface area contributed by atoms with Crippen LogP contribution >= 0.6 is 22.9 Å². The zero-order valence-corrected chi connectivity index (χ0v) is 9.10. The number of aryl methyl sites for hydroxylation is 1. The number of nitrogens with two attached hydrogens (primary N) is 1. The number of nitrogens with one attached hydrogen (secondary N) is 1. The number of thiazole rings is 1. The van der Waals surface area contributed by atoms with Gasteiger partial charge in [0.25, 0.3) is 0 Å². The predicted octanol–water partition coefficient (Wildman–Crippen LogP) is 0.856. The second-order valence-electron chi connectivity index (χ2n) is 2.74. The molecule has 74 valence electrons. The number of nitrogens with zero attached hydrogens (tertiary/aromatic N) is 3. The van der Waals surface area contributed by atoms with Crippen molar-refractivity contribution in [3.8, 4) is 0 Å². The molecule has 2 rings (SSSR count). The van der Waals surface area contributed by atoms with Crippen molar-refractivity contribution in [2.45, 2.75) is 13.0 Å². The number of hydrogen-bond acceptors (Lipinski definition) is 7. The van der Waals surface area contributed by atoms with Gasteiger partial charge in [0, 0.05) is 5.38 Å². The summed E-state index contributed by atoms with van der Waals surface area (Å²) in [6, 6.07) is -0.0961. The number of rotatable bonds is 3. The van der Waals surface area contributed by atoms with Gasteiger partial charge in [-0.25, -0.2) is 10.4 Å². The first-order valence-corrected chi connectivity index (χ1v) is 5.67. The van der Waals surface area contributed by atoms with Crippen molar-refractivity contribution < 1.29 is 0 Å². The Morgan fingerprint density at radius 3 is 2.93 bits per heavy atom. The van der Waals surface area contributed by atoms with Gasteiger partial charge in [-0.3, -0.25) is 5.84 Å². The van der Waals surface area contributed by atoms with Crippen LogP contribution in [-0.2, 0) is 0 Å². The molecule has 0 spiro atoms. The van der Waals surface area contributed by atoms with E-state index in [4.69, 9.17) is 5.84 Å². The third kappa shape index (κ3) is 1.67. The Labute approximate surface area is 89.1 Å². The van der Waals surface area contributed by atoms with Gasteiger partial charge in [-0.2, -0.15) is 0 Å². The molecule has 0 aliphatic carbocycles. The van der Waals surface area contributed by atoms with Crippen LogP contribution in [0.4, 0.5) is 0 Å². The van der Waals surface area contributed by atoms with Crippen LogP contribution in [0, 0.1) is 6.92 Å². The zero-order chi connectivity index (χ0) is 9.97.